The van der Waals surface area contributed by atoms with Crippen LogP contribution in [0.3, 0.4) is 0 Å². The van der Waals surface area contributed by atoms with E-state index in [1.54, 1.807) is 6.26 Å². The van der Waals surface area contributed by atoms with Crippen molar-refractivity contribution in [1.29, 1.82) is 0 Å². The second-order valence-corrected chi connectivity index (χ2v) is 7.10. The van der Waals surface area contributed by atoms with Crippen molar-refractivity contribution in [2.24, 2.45) is 0 Å². The molecule has 1 aliphatic heterocycles. The number of rotatable bonds is 2. The molecule has 0 bridgehead atoms. The molecule has 0 aliphatic carbocycles. The van der Waals surface area contributed by atoms with Crippen LogP contribution in [0.1, 0.15) is 28.7 Å². The van der Waals surface area contributed by atoms with E-state index in [2.05, 4.69) is 6.07 Å². The summed E-state index contributed by atoms with van der Waals surface area (Å²) in [6.45, 7) is 4.72. The fourth-order valence-corrected chi connectivity index (χ4v) is 3.94. The van der Waals surface area contributed by atoms with Gasteiger partial charge < -0.3 is 9.32 Å². The van der Waals surface area contributed by atoms with Crippen LogP contribution in [0.5, 0.6) is 0 Å². The molecule has 0 atom stereocenters. The number of amides is 1. The second kappa shape index (κ2) is 6.23. The molecule has 1 aliphatic rings. The van der Waals surface area contributed by atoms with Gasteiger partial charge in [-0.3, -0.25) is 4.79 Å². The van der Waals surface area contributed by atoms with Gasteiger partial charge in [0, 0.05) is 28.2 Å². The number of hydrogen-bond acceptors (Lipinski definition) is 2. The largest absolute Gasteiger partial charge is 0.464 e. The number of nitrogens with zero attached hydrogens (tertiary/aromatic N) is 1. The van der Waals surface area contributed by atoms with Crippen LogP contribution in [-0.4, -0.2) is 12.5 Å². The number of hydrogen-bond donors (Lipinski definition) is 0. The van der Waals surface area contributed by atoms with Crippen LogP contribution < -0.4 is 4.90 Å². The third kappa shape index (κ3) is 2.73. The van der Waals surface area contributed by atoms with Gasteiger partial charge in [0.2, 0.25) is 5.91 Å². The monoisotopic (exact) mass is 353 g/mol. The van der Waals surface area contributed by atoms with Gasteiger partial charge in [-0.2, -0.15) is 0 Å². The first-order chi connectivity index (χ1) is 12.1. The molecule has 4 heteroatoms. The van der Waals surface area contributed by atoms with Crippen LogP contribution >= 0.6 is 11.6 Å². The van der Waals surface area contributed by atoms with E-state index in [1.807, 2.05) is 43.0 Å². The van der Waals surface area contributed by atoms with Gasteiger partial charge in [-0.05, 0) is 55.5 Å². The van der Waals surface area contributed by atoms with Crippen LogP contribution in [0.15, 0.2) is 41.0 Å². The smallest absolute Gasteiger partial charge is 0.231 e. The number of benzene rings is 2. The first kappa shape index (κ1) is 16.2. The third-order valence-electron chi connectivity index (χ3n) is 5.05. The molecule has 25 heavy (non-hydrogen) atoms. The first-order valence-electron chi connectivity index (χ1n) is 8.60. The zero-order chi connectivity index (χ0) is 17.6. The Kier molecular flexibility index (Phi) is 4.04. The first-order valence-corrected chi connectivity index (χ1v) is 8.98. The van der Waals surface area contributed by atoms with E-state index in [4.69, 9.17) is 16.0 Å². The van der Waals surface area contributed by atoms with Gasteiger partial charge in [-0.25, -0.2) is 0 Å². The molecular weight excluding hydrogens is 334 g/mol. The molecule has 4 rings (SSSR count). The summed E-state index contributed by atoms with van der Waals surface area (Å²) in [6.07, 6.45) is 4.05. The van der Waals surface area contributed by atoms with Crippen LogP contribution in [0.2, 0.25) is 5.02 Å². The normalized spacial score (nSPS) is 14.0. The maximum absolute atomic E-state index is 13.0. The number of para-hydroxylation sites is 1. The average molecular weight is 354 g/mol. The molecule has 0 radical (unpaired) electrons. The van der Waals surface area contributed by atoms with E-state index in [9.17, 15) is 4.79 Å². The van der Waals surface area contributed by atoms with Gasteiger partial charge in [0.15, 0.2) is 0 Å². The van der Waals surface area contributed by atoms with E-state index >= 15 is 0 Å². The summed E-state index contributed by atoms with van der Waals surface area (Å²) in [5.74, 6) is 0.103. The van der Waals surface area contributed by atoms with E-state index in [0.717, 1.165) is 57.8 Å². The van der Waals surface area contributed by atoms with Crippen molar-refractivity contribution in [2.45, 2.75) is 33.1 Å². The number of aryl methyl sites for hydroxylation is 3. The van der Waals surface area contributed by atoms with Crippen LogP contribution in [-0.2, 0) is 17.6 Å². The number of furan rings is 1. The Morgan fingerprint density at radius 1 is 1.28 bits per heavy atom. The molecule has 3 aromatic rings. The van der Waals surface area contributed by atoms with Crippen molar-refractivity contribution in [3.63, 3.8) is 0 Å². The molecular formula is C21H20ClNO2. The molecule has 2 heterocycles. The second-order valence-electron chi connectivity index (χ2n) is 6.72. The summed E-state index contributed by atoms with van der Waals surface area (Å²) in [6, 6.07) is 10.1. The Bertz CT molecular complexity index is 973. The molecule has 0 N–H and O–H groups in total. The quantitative estimate of drug-likeness (QED) is 0.632. The molecule has 0 saturated heterocycles. The zero-order valence-electron chi connectivity index (χ0n) is 14.4. The van der Waals surface area contributed by atoms with Gasteiger partial charge in [0.1, 0.15) is 5.58 Å². The van der Waals surface area contributed by atoms with Gasteiger partial charge in [0.05, 0.1) is 12.7 Å². The molecule has 1 aromatic heterocycles. The molecule has 0 saturated carbocycles. The summed E-state index contributed by atoms with van der Waals surface area (Å²) in [7, 11) is 0. The Labute approximate surface area is 152 Å². The number of carbonyl (C=O) groups is 1. The van der Waals surface area contributed by atoms with Crippen LogP contribution in [0.4, 0.5) is 5.69 Å². The standard InChI is InChI=1S/C21H20ClNO2/c1-13-10-18-20(14(2)21(13)22)16(12-25-18)11-19(24)23-9-5-7-15-6-3-4-8-17(15)23/h3-4,6,8,10,12H,5,7,9,11H2,1-2H3. The van der Waals surface area contributed by atoms with E-state index in [-0.39, 0.29) is 5.91 Å². The van der Waals surface area contributed by atoms with E-state index in [0.29, 0.717) is 6.42 Å². The Morgan fingerprint density at radius 2 is 2.08 bits per heavy atom. The fourth-order valence-electron chi connectivity index (χ4n) is 3.79. The summed E-state index contributed by atoms with van der Waals surface area (Å²) < 4.78 is 5.69. The van der Waals surface area contributed by atoms with Crippen molar-refractivity contribution < 1.29 is 9.21 Å². The predicted molar refractivity (Wildman–Crippen MR) is 102 cm³/mol. The summed E-state index contributed by atoms with van der Waals surface area (Å²) in [4.78, 5) is 14.9. The molecule has 2 aromatic carbocycles. The highest BCUT2D eigenvalue weighted by molar-refractivity contribution is 6.33. The number of anilines is 1. The Morgan fingerprint density at radius 3 is 2.92 bits per heavy atom. The van der Waals surface area contributed by atoms with Crippen molar-refractivity contribution in [2.75, 3.05) is 11.4 Å². The van der Waals surface area contributed by atoms with Gasteiger partial charge in [-0.1, -0.05) is 29.8 Å². The SMILES string of the molecule is Cc1cc2occ(CC(=O)N3CCCc4ccccc43)c2c(C)c1Cl. The van der Waals surface area contributed by atoms with Crippen molar-refractivity contribution in [3.8, 4) is 0 Å². The fraction of sp³-hybridized carbons (Fsp3) is 0.286. The van der Waals surface area contributed by atoms with E-state index in [1.165, 1.54) is 5.56 Å². The zero-order valence-corrected chi connectivity index (χ0v) is 15.2. The van der Waals surface area contributed by atoms with Crippen LogP contribution in [0.25, 0.3) is 11.0 Å². The Balaban J connectivity index is 1.69. The minimum atomic E-state index is 0.103. The molecule has 0 spiro atoms. The lowest BCUT2D eigenvalue weighted by Gasteiger charge is -2.29. The molecule has 128 valence electrons. The summed E-state index contributed by atoms with van der Waals surface area (Å²) in [5.41, 5.74) is 5.95. The topological polar surface area (TPSA) is 33.5 Å². The summed E-state index contributed by atoms with van der Waals surface area (Å²) in [5, 5.41) is 1.71. The minimum absolute atomic E-state index is 0.103. The lowest BCUT2D eigenvalue weighted by molar-refractivity contribution is -0.118. The van der Waals surface area contributed by atoms with Gasteiger partial charge in [0.25, 0.3) is 0 Å². The third-order valence-corrected chi connectivity index (χ3v) is 5.63. The maximum atomic E-state index is 13.0. The van der Waals surface area contributed by atoms with Gasteiger partial charge >= 0.3 is 0 Å². The van der Waals surface area contributed by atoms with Crippen LogP contribution in [0, 0.1) is 13.8 Å². The van der Waals surface area contributed by atoms with Crippen molar-refractivity contribution in [1.82, 2.24) is 0 Å². The van der Waals surface area contributed by atoms with Crippen molar-refractivity contribution in [3.05, 3.63) is 63.9 Å². The van der Waals surface area contributed by atoms with Gasteiger partial charge in [-0.15, -0.1) is 0 Å². The molecule has 3 nitrogen and oxygen atoms in total. The molecule has 0 fully saturated rings. The maximum Gasteiger partial charge on any atom is 0.231 e. The number of carbonyl (C=O) groups excluding carboxylic acids is 1. The lowest BCUT2D eigenvalue weighted by Crippen LogP contribution is -2.36. The number of halogens is 1. The average Bonchev–Trinajstić information content (AvgIpc) is 3.01. The Hall–Kier alpha value is -2.26. The highest BCUT2D eigenvalue weighted by Gasteiger charge is 2.24. The summed E-state index contributed by atoms with van der Waals surface area (Å²) >= 11 is 6.40. The number of fused-ring (bicyclic) bond motifs is 2. The lowest BCUT2D eigenvalue weighted by atomic mass is 9.99. The minimum Gasteiger partial charge on any atom is -0.464 e. The molecule has 0 unspecified atom stereocenters. The highest BCUT2D eigenvalue weighted by Crippen LogP contribution is 2.34. The predicted octanol–water partition coefficient (Wildman–Crippen LogP) is 5.22. The van der Waals surface area contributed by atoms with E-state index < -0.39 is 0 Å². The van der Waals surface area contributed by atoms with Crippen molar-refractivity contribution >= 4 is 34.2 Å². The molecule has 1 amide bonds. The highest BCUT2D eigenvalue weighted by atomic mass is 35.5.